The van der Waals surface area contributed by atoms with Crippen LogP contribution in [0, 0.1) is 5.92 Å². The first-order valence-electron chi connectivity index (χ1n) is 6.71. The topological polar surface area (TPSA) is 50.9 Å². The van der Waals surface area contributed by atoms with E-state index in [-0.39, 0.29) is 0 Å². The van der Waals surface area contributed by atoms with Gasteiger partial charge in [-0.05, 0) is 24.5 Å². The van der Waals surface area contributed by atoms with Crippen LogP contribution in [-0.2, 0) is 0 Å². The summed E-state index contributed by atoms with van der Waals surface area (Å²) in [5.41, 5.74) is 8.73. The van der Waals surface area contributed by atoms with Crippen LogP contribution >= 0.6 is 0 Å². The van der Waals surface area contributed by atoms with E-state index in [0.29, 0.717) is 0 Å². The van der Waals surface area contributed by atoms with Crippen LogP contribution in [0.2, 0.25) is 0 Å². The number of nitrogen functional groups attached to an aromatic ring is 1. The van der Waals surface area contributed by atoms with Crippen molar-refractivity contribution in [2.45, 2.75) is 25.7 Å². The predicted octanol–water partition coefficient (Wildman–Crippen LogP) is 3.42. The summed E-state index contributed by atoms with van der Waals surface area (Å²) in [7, 11) is 0. The molecule has 1 aliphatic rings. The zero-order chi connectivity index (χ0) is 12.4. The molecule has 3 N–H and O–H groups in total. The summed E-state index contributed by atoms with van der Waals surface area (Å²) in [4.78, 5) is 4.35. The fourth-order valence-electron chi connectivity index (χ4n) is 2.55. The van der Waals surface area contributed by atoms with E-state index in [1.807, 2.05) is 24.4 Å². The third-order valence-corrected chi connectivity index (χ3v) is 3.90. The van der Waals surface area contributed by atoms with Crippen molar-refractivity contribution in [2.24, 2.45) is 5.92 Å². The molecule has 3 rings (SSSR count). The number of aromatic nitrogens is 1. The second kappa shape index (κ2) is 4.84. The van der Waals surface area contributed by atoms with Gasteiger partial charge in [0.25, 0.3) is 0 Å². The van der Waals surface area contributed by atoms with Crippen LogP contribution in [0.3, 0.4) is 0 Å². The lowest BCUT2D eigenvalue weighted by Gasteiger charge is -2.25. The first-order valence-corrected chi connectivity index (χ1v) is 6.71. The van der Waals surface area contributed by atoms with Crippen LogP contribution in [0.25, 0.3) is 10.9 Å². The highest BCUT2D eigenvalue weighted by Crippen LogP contribution is 2.30. The first-order chi connectivity index (χ1) is 8.84. The third-order valence-electron chi connectivity index (χ3n) is 3.90. The van der Waals surface area contributed by atoms with Crippen LogP contribution < -0.4 is 11.1 Å². The lowest BCUT2D eigenvalue weighted by Crippen LogP contribution is -2.15. The molecule has 1 aromatic carbocycles. The molecule has 0 unspecified atom stereocenters. The van der Waals surface area contributed by atoms with Crippen molar-refractivity contribution in [3.8, 4) is 0 Å². The molecule has 1 saturated carbocycles. The fourth-order valence-corrected chi connectivity index (χ4v) is 2.55. The van der Waals surface area contributed by atoms with Gasteiger partial charge in [0.15, 0.2) is 0 Å². The molecule has 1 aromatic heterocycles. The van der Waals surface area contributed by atoms with E-state index in [0.717, 1.165) is 34.7 Å². The molecule has 0 bridgehead atoms. The third kappa shape index (κ3) is 2.13. The van der Waals surface area contributed by atoms with Crippen LogP contribution in [0.4, 0.5) is 11.4 Å². The molecule has 2 aromatic rings. The first kappa shape index (κ1) is 11.3. The van der Waals surface area contributed by atoms with Gasteiger partial charge < -0.3 is 11.1 Å². The summed E-state index contributed by atoms with van der Waals surface area (Å²) in [6.07, 6.45) is 7.33. The molecule has 18 heavy (non-hydrogen) atoms. The lowest BCUT2D eigenvalue weighted by molar-refractivity contribution is 0.303. The minimum atomic E-state index is 0.746. The van der Waals surface area contributed by atoms with Crippen LogP contribution in [0.1, 0.15) is 25.7 Å². The van der Waals surface area contributed by atoms with E-state index < -0.39 is 0 Å². The van der Waals surface area contributed by atoms with Gasteiger partial charge in [0, 0.05) is 23.8 Å². The molecule has 1 aliphatic carbocycles. The summed E-state index contributed by atoms with van der Waals surface area (Å²) in [6.45, 7) is 1.04. The molecule has 3 nitrogen and oxygen atoms in total. The van der Waals surface area contributed by atoms with Crippen molar-refractivity contribution in [2.75, 3.05) is 17.6 Å². The van der Waals surface area contributed by atoms with Gasteiger partial charge in [0.1, 0.15) is 0 Å². The molecule has 0 aliphatic heterocycles. The second-order valence-corrected chi connectivity index (χ2v) is 5.11. The Bertz CT molecular complexity index is 546. The highest BCUT2D eigenvalue weighted by molar-refractivity contribution is 5.97. The molecular formula is C15H19N3. The fraction of sp³-hybridized carbons (Fsp3) is 0.400. The largest absolute Gasteiger partial charge is 0.397 e. The van der Waals surface area contributed by atoms with E-state index in [9.17, 15) is 0 Å². The van der Waals surface area contributed by atoms with E-state index in [4.69, 9.17) is 5.73 Å². The number of rotatable bonds is 4. The van der Waals surface area contributed by atoms with Gasteiger partial charge in [0.2, 0.25) is 0 Å². The summed E-state index contributed by atoms with van der Waals surface area (Å²) in [5.74, 6) is 0.940. The monoisotopic (exact) mass is 241 g/mol. The van der Waals surface area contributed by atoms with Gasteiger partial charge in [-0.2, -0.15) is 0 Å². The molecule has 0 atom stereocenters. The SMILES string of the molecule is Nc1cccc2c(NCCC3CCC3)ccnc12. The molecule has 0 saturated heterocycles. The van der Waals surface area contributed by atoms with Crippen LogP contribution in [-0.4, -0.2) is 11.5 Å². The number of anilines is 2. The number of pyridine rings is 1. The quantitative estimate of drug-likeness (QED) is 0.806. The lowest BCUT2D eigenvalue weighted by atomic mass is 9.83. The van der Waals surface area contributed by atoms with E-state index in [1.165, 1.54) is 25.7 Å². The Labute approximate surface area is 107 Å². The Morgan fingerprint density at radius 1 is 1.28 bits per heavy atom. The number of hydrogen-bond acceptors (Lipinski definition) is 3. The van der Waals surface area contributed by atoms with E-state index >= 15 is 0 Å². The predicted molar refractivity (Wildman–Crippen MR) is 76.6 cm³/mol. The minimum Gasteiger partial charge on any atom is -0.397 e. The Morgan fingerprint density at radius 2 is 2.17 bits per heavy atom. The minimum absolute atomic E-state index is 0.746. The van der Waals surface area contributed by atoms with Gasteiger partial charge in [-0.1, -0.05) is 31.4 Å². The standard InChI is InChI=1S/C15H19N3/c16-13-6-2-5-12-14(8-10-18-15(12)13)17-9-7-11-3-1-4-11/h2,5-6,8,10-11H,1,3-4,7,9,16H2,(H,17,18). The van der Waals surface area contributed by atoms with Crippen molar-refractivity contribution < 1.29 is 0 Å². The van der Waals surface area contributed by atoms with Gasteiger partial charge in [-0.25, -0.2) is 0 Å². The molecule has 0 spiro atoms. The maximum Gasteiger partial charge on any atom is 0.0951 e. The van der Waals surface area contributed by atoms with Gasteiger partial charge in [-0.3, -0.25) is 4.98 Å². The maximum atomic E-state index is 5.94. The summed E-state index contributed by atoms with van der Waals surface area (Å²) in [5, 5.41) is 4.64. The number of fused-ring (bicyclic) bond motifs is 1. The average molecular weight is 241 g/mol. The normalized spacial score (nSPS) is 15.6. The molecular weight excluding hydrogens is 222 g/mol. The molecule has 1 heterocycles. The van der Waals surface area contributed by atoms with E-state index in [2.05, 4.69) is 16.4 Å². The summed E-state index contributed by atoms with van der Waals surface area (Å²) in [6, 6.07) is 7.98. The highest BCUT2D eigenvalue weighted by Gasteiger charge is 2.16. The molecule has 0 radical (unpaired) electrons. The second-order valence-electron chi connectivity index (χ2n) is 5.11. The van der Waals surface area contributed by atoms with E-state index in [1.54, 1.807) is 0 Å². The van der Waals surface area contributed by atoms with Gasteiger partial charge >= 0.3 is 0 Å². The Balaban J connectivity index is 1.76. The number of nitrogens with zero attached hydrogens (tertiary/aromatic N) is 1. The maximum absolute atomic E-state index is 5.94. The average Bonchev–Trinajstić information content (AvgIpc) is 2.33. The van der Waals surface area contributed by atoms with Crippen molar-refractivity contribution in [1.82, 2.24) is 4.98 Å². The summed E-state index contributed by atoms with van der Waals surface area (Å²) >= 11 is 0. The van der Waals surface area contributed by atoms with Gasteiger partial charge in [0.05, 0.1) is 11.2 Å². The van der Waals surface area contributed by atoms with Crippen molar-refractivity contribution in [1.29, 1.82) is 0 Å². The molecule has 0 amide bonds. The zero-order valence-electron chi connectivity index (χ0n) is 10.5. The zero-order valence-corrected chi connectivity index (χ0v) is 10.5. The number of hydrogen-bond donors (Lipinski definition) is 2. The number of para-hydroxylation sites is 1. The molecule has 3 heteroatoms. The van der Waals surface area contributed by atoms with Gasteiger partial charge in [-0.15, -0.1) is 0 Å². The van der Waals surface area contributed by atoms with Crippen molar-refractivity contribution >= 4 is 22.3 Å². The Kier molecular flexibility index (Phi) is 3.05. The Morgan fingerprint density at radius 3 is 2.94 bits per heavy atom. The molecule has 94 valence electrons. The summed E-state index contributed by atoms with van der Waals surface area (Å²) < 4.78 is 0. The smallest absolute Gasteiger partial charge is 0.0951 e. The van der Waals surface area contributed by atoms with Crippen LogP contribution in [0.15, 0.2) is 30.5 Å². The number of nitrogens with two attached hydrogens (primary N) is 1. The molecule has 1 fully saturated rings. The highest BCUT2D eigenvalue weighted by atomic mass is 14.9. The van der Waals surface area contributed by atoms with Crippen molar-refractivity contribution in [3.05, 3.63) is 30.5 Å². The number of benzene rings is 1. The van der Waals surface area contributed by atoms with Crippen LogP contribution in [0.5, 0.6) is 0 Å². The number of nitrogens with one attached hydrogen (secondary N) is 1. The van der Waals surface area contributed by atoms with Crippen molar-refractivity contribution in [3.63, 3.8) is 0 Å². The Hall–Kier alpha value is -1.77.